The van der Waals surface area contributed by atoms with E-state index in [1.807, 2.05) is 31.2 Å². The van der Waals surface area contributed by atoms with Crippen molar-refractivity contribution in [3.8, 4) is 5.75 Å². The zero-order valence-electron chi connectivity index (χ0n) is 15.7. The number of hydrogen-bond donors (Lipinski definition) is 1. The number of carbonyl (C=O) groups excluding carboxylic acids is 2. The van der Waals surface area contributed by atoms with E-state index in [4.69, 9.17) is 9.47 Å². The lowest BCUT2D eigenvalue weighted by Crippen LogP contribution is -2.43. The van der Waals surface area contributed by atoms with Crippen LogP contribution in [0.25, 0.3) is 0 Å². The molecule has 26 heavy (non-hydrogen) atoms. The Balaban J connectivity index is 1.74. The molecule has 0 radical (unpaired) electrons. The van der Waals surface area contributed by atoms with Crippen molar-refractivity contribution in [2.45, 2.75) is 20.3 Å². The molecule has 1 heterocycles. The van der Waals surface area contributed by atoms with Gasteiger partial charge in [0.05, 0.1) is 19.8 Å². The Bertz CT molecular complexity index is 571. The normalized spacial score (nSPS) is 14.7. The van der Waals surface area contributed by atoms with E-state index in [1.54, 1.807) is 11.8 Å². The fourth-order valence-corrected chi connectivity index (χ4v) is 2.77. The third kappa shape index (κ3) is 7.01. The van der Waals surface area contributed by atoms with E-state index in [9.17, 15) is 9.59 Å². The molecular formula is C19H29N3O4. The second kappa shape index (κ2) is 10.8. The second-order valence-corrected chi connectivity index (χ2v) is 6.22. The molecule has 0 spiro atoms. The predicted octanol–water partition coefficient (Wildman–Crippen LogP) is 1.59. The number of morpholine rings is 1. The fourth-order valence-electron chi connectivity index (χ4n) is 2.77. The summed E-state index contributed by atoms with van der Waals surface area (Å²) in [7, 11) is 0. The monoisotopic (exact) mass is 363 g/mol. The molecule has 144 valence electrons. The molecule has 7 nitrogen and oxygen atoms in total. The molecule has 2 amide bonds. The van der Waals surface area contributed by atoms with Crippen LogP contribution in [-0.2, 0) is 14.3 Å². The van der Waals surface area contributed by atoms with Gasteiger partial charge < -0.3 is 19.7 Å². The van der Waals surface area contributed by atoms with Crippen molar-refractivity contribution < 1.29 is 19.1 Å². The summed E-state index contributed by atoms with van der Waals surface area (Å²) in [5.41, 5.74) is 0.723. The number of amides is 2. The number of rotatable bonds is 9. The van der Waals surface area contributed by atoms with E-state index < -0.39 is 0 Å². The van der Waals surface area contributed by atoms with Crippen molar-refractivity contribution in [3.63, 3.8) is 0 Å². The van der Waals surface area contributed by atoms with Gasteiger partial charge in [-0.25, -0.2) is 0 Å². The van der Waals surface area contributed by atoms with Crippen molar-refractivity contribution in [2.75, 3.05) is 57.9 Å². The highest BCUT2D eigenvalue weighted by Crippen LogP contribution is 2.15. The van der Waals surface area contributed by atoms with Gasteiger partial charge in [-0.15, -0.1) is 0 Å². The lowest BCUT2D eigenvalue weighted by Gasteiger charge is -2.29. The molecule has 0 atom stereocenters. The number of benzene rings is 1. The third-order valence-electron chi connectivity index (χ3n) is 4.29. The van der Waals surface area contributed by atoms with Crippen LogP contribution < -0.4 is 10.1 Å². The molecule has 1 saturated heterocycles. The molecule has 1 aromatic rings. The van der Waals surface area contributed by atoms with Crippen molar-refractivity contribution >= 4 is 17.5 Å². The number of anilines is 1. The van der Waals surface area contributed by atoms with Gasteiger partial charge in [0, 0.05) is 51.8 Å². The van der Waals surface area contributed by atoms with Crippen LogP contribution in [0.1, 0.15) is 20.3 Å². The second-order valence-electron chi connectivity index (χ2n) is 6.22. The van der Waals surface area contributed by atoms with Crippen LogP contribution in [0.3, 0.4) is 0 Å². The van der Waals surface area contributed by atoms with Crippen LogP contribution in [0, 0.1) is 0 Å². The Labute approximate surface area is 155 Å². The molecule has 1 fully saturated rings. The minimum absolute atomic E-state index is 0.00729. The Morgan fingerprint density at radius 1 is 1.19 bits per heavy atom. The van der Waals surface area contributed by atoms with Crippen LogP contribution in [-0.4, -0.2) is 74.2 Å². The quantitative estimate of drug-likeness (QED) is 0.722. The first kappa shape index (κ1) is 20.2. The highest BCUT2D eigenvalue weighted by atomic mass is 16.5. The van der Waals surface area contributed by atoms with E-state index in [-0.39, 0.29) is 18.2 Å². The van der Waals surface area contributed by atoms with Gasteiger partial charge in [0.2, 0.25) is 11.8 Å². The third-order valence-corrected chi connectivity index (χ3v) is 4.29. The lowest BCUT2D eigenvalue weighted by atomic mass is 10.2. The van der Waals surface area contributed by atoms with E-state index in [2.05, 4.69) is 10.2 Å². The highest BCUT2D eigenvalue weighted by Gasteiger charge is 2.15. The smallest absolute Gasteiger partial charge is 0.226 e. The fraction of sp³-hybridized carbons (Fsp3) is 0.579. The summed E-state index contributed by atoms with van der Waals surface area (Å²) >= 11 is 0. The van der Waals surface area contributed by atoms with Gasteiger partial charge in [0.15, 0.2) is 0 Å². The van der Waals surface area contributed by atoms with Crippen molar-refractivity contribution in [1.29, 1.82) is 0 Å². The zero-order chi connectivity index (χ0) is 18.8. The summed E-state index contributed by atoms with van der Waals surface area (Å²) in [5, 5.41) is 2.85. The molecule has 0 bridgehead atoms. The minimum Gasteiger partial charge on any atom is -0.494 e. The van der Waals surface area contributed by atoms with Crippen LogP contribution in [0.4, 0.5) is 5.69 Å². The number of nitrogens with one attached hydrogen (secondary N) is 1. The molecule has 0 saturated carbocycles. The molecule has 1 aliphatic rings. The van der Waals surface area contributed by atoms with Crippen molar-refractivity contribution in [1.82, 2.24) is 9.80 Å². The summed E-state index contributed by atoms with van der Waals surface area (Å²) in [6, 6.07) is 7.26. The molecule has 0 aliphatic carbocycles. The van der Waals surface area contributed by atoms with Gasteiger partial charge in [0.1, 0.15) is 5.75 Å². The maximum absolute atomic E-state index is 12.1. The van der Waals surface area contributed by atoms with Gasteiger partial charge >= 0.3 is 0 Å². The van der Waals surface area contributed by atoms with E-state index in [1.165, 1.54) is 0 Å². The van der Waals surface area contributed by atoms with Crippen LogP contribution >= 0.6 is 0 Å². The molecule has 0 aromatic heterocycles. The maximum Gasteiger partial charge on any atom is 0.226 e. The van der Waals surface area contributed by atoms with Gasteiger partial charge in [-0.3, -0.25) is 14.5 Å². The van der Waals surface area contributed by atoms with E-state index in [0.29, 0.717) is 19.7 Å². The summed E-state index contributed by atoms with van der Waals surface area (Å²) in [4.78, 5) is 28.0. The summed E-state index contributed by atoms with van der Waals surface area (Å²) in [6.45, 7) is 9.21. The number of nitrogens with zero attached hydrogens (tertiary/aromatic N) is 2. The molecule has 2 rings (SSSR count). The molecule has 0 unspecified atom stereocenters. The molecule has 7 heteroatoms. The van der Waals surface area contributed by atoms with Crippen LogP contribution in [0.2, 0.25) is 0 Å². The molecule has 1 aromatic carbocycles. The molecule has 1 N–H and O–H groups in total. The van der Waals surface area contributed by atoms with Gasteiger partial charge in [-0.1, -0.05) is 0 Å². The van der Waals surface area contributed by atoms with Gasteiger partial charge in [-0.2, -0.15) is 0 Å². The first-order valence-electron chi connectivity index (χ1n) is 9.17. The topological polar surface area (TPSA) is 71.1 Å². The Morgan fingerprint density at radius 2 is 1.88 bits per heavy atom. The zero-order valence-corrected chi connectivity index (χ0v) is 15.7. The Kier molecular flexibility index (Phi) is 8.37. The Morgan fingerprint density at radius 3 is 2.50 bits per heavy atom. The van der Waals surface area contributed by atoms with Crippen molar-refractivity contribution in [3.05, 3.63) is 24.3 Å². The van der Waals surface area contributed by atoms with E-state index >= 15 is 0 Å². The number of hydrogen-bond acceptors (Lipinski definition) is 5. The summed E-state index contributed by atoms with van der Waals surface area (Å²) < 4.78 is 10.7. The average molecular weight is 363 g/mol. The molecule has 1 aliphatic heterocycles. The minimum atomic E-state index is -0.105. The molecular weight excluding hydrogens is 334 g/mol. The van der Waals surface area contributed by atoms with Crippen LogP contribution in [0.15, 0.2) is 24.3 Å². The average Bonchev–Trinajstić information content (AvgIpc) is 2.64. The summed E-state index contributed by atoms with van der Waals surface area (Å²) in [6.07, 6.45) is 0.274. The lowest BCUT2D eigenvalue weighted by molar-refractivity contribution is -0.129. The number of carbonyl (C=O) groups is 2. The number of ether oxygens (including phenoxy) is 2. The standard InChI is InChI=1S/C19H29N3O4/c1-3-26-18-6-4-17(5-7-18)20-19(24)8-9-22(16(2)23)11-10-21-12-14-25-15-13-21/h4-7H,3,8-15H2,1-2H3,(H,20,24). The van der Waals surface area contributed by atoms with Gasteiger partial charge in [0.25, 0.3) is 0 Å². The Hall–Kier alpha value is -2.12. The van der Waals surface area contributed by atoms with Crippen LogP contribution in [0.5, 0.6) is 5.75 Å². The van der Waals surface area contributed by atoms with Crippen molar-refractivity contribution in [2.24, 2.45) is 0 Å². The first-order chi connectivity index (χ1) is 12.6. The highest BCUT2D eigenvalue weighted by molar-refractivity contribution is 5.91. The van der Waals surface area contributed by atoms with E-state index in [0.717, 1.165) is 44.3 Å². The predicted molar refractivity (Wildman–Crippen MR) is 100 cm³/mol. The van der Waals surface area contributed by atoms with Gasteiger partial charge in [-0.05, 0) is 31.2 Å². The summed E-state index contributed by atoms with van der Waals surface area (Å²) in [5.74, 6) is 0.662. The SMILES string of the molecule is CCOc1ccc(NC(=O)CCN(CCN2CCOCC2)C(C)=O)cc1. The largest absolute Gasteiger partial charge is 0.494 e. The maximum atomic E-state index is 12.1. The first-order valence-corrected chi connectivity index (χ1v) is 9.17.